The van der Waals surface area contributed by atoms with Crippen LogP contribution in [-0.4, -0.2) is 54.3 Å². The molecule has 1 fully saturated rings. The Balaban J connectivity index is 2.22. The molecule has 0 aromatic carbocycles. The smallest absolute Gasteiger partial charge is 0.231 e. The number of nitrogens with zero attached hydrogens (tertiary/aromatic N) is 5. The van der Waals surface area contributed by atoms with Gasteiger partial charge in [-0.2, -0.15) is 15.0 Å². The molecule has 1 atom stereocenters. The van der Waals surface area contributed by atoms with E-state index in [1.807, 2.05) is 0 Å². The summed E-state index contributed by atoms with van der Waals surface area (Å²) in [6.07, 6.45) is 2.38. The van der Waals surface area contributed by atoms with E-state index in [0.717, 1.165) is 39.0 Å². The Morgan fingerprint density at radius 2 is 2.05 bits per heavy atom. The molecule has 1 aromatic rings. The minimum Gasteiger partial charge on any atom is -0.380 e. The monoisotopic (exact) mass is 299 g/mol. The Kier molecular flexibility index (Phi) is 5.37. The van der Waals surface area contributed by atoms with Gasteiger partial charge in [0.15, 0.2) is 0 Å². The molecule has 7 heteroatoms. The van der Waals surface area contributed by atoms with Crippen LogP contribution in [0.15, 0.2) is 0 Å². The van der Waals surface area contributed by atoms with Gasteiger partial charge in [-0.3, -0.25) is 0 Å². The zero-order valence-electron chi connectivity index (χ0n) is 12.3. The molecule has 0 bridgehead atoms. The second-order valence-corrected chi connectivity index (χ2v) is 5.16. The summed E-state index contributed by atoms with van der Waals surface area (Å²) in [5.74, 6) is 1.29. The highest BCUT2D eigenvalue weighted by atomic mass is 35.5. The topological polar surface area (TPSA) is 54.4 Å². The van der Waals surface area contributed by atoms with Crippen molar-refractivity contribution in [2.45, 2.75) is 32.8 Å². The van der Waals surface area contributed by atoms with Gasteiger partial charge < -0.3 is 14.5 Å². The molecule has 20 heavy (non-hydrogen) atoms. The fraction of sp³-hybridized carbons (Fsp3) is 0.769. The van der Waals surface area contributed by atoms with Gasteiger partial charge in [-0.15, -0.1) is 0 Å². The molecular weight excluding hydrogens is 278 g/mol. The minimum absolute atomic E-state index is 0.233. The fourth-order valence-corrected chi connectivity index (χ4v) is 2.58. The maximum absolute atomic E-state index is 6.05. The standard InChI is InChI=1S/C13H22ClN5O/c1-4-18(5-2)12-15-11(14)16-13(17-12)19-8-6-7-10(9-19)20-3/h10H,4-9H2,1-3H3. The number of halogens is 1. The van der Waals surface area contributed by atoms with E-state index in [1.165, 1.54) is 0 Å². The van der Waals surface area contributed by atoms with Crippen molar-refractivity contribution in [2.75, 3.05) is 43.1 Å². The summed E-state index contributed by atoms with van der Waals surface area (Å²) in [4.78, 5) is 17.2. The Hall–Kier alpha value is -1.14. The highest BCUT2D eigenvalue weighted by molar-refractivity contribution is 6.28. The molecule has 1 unspecified atom stereocenters. The zero-order valence-corrected chi connectivity index (χ0v) is 13.1. The van der Waals surface area contributed by atoms with E-state index in [9.17, 15) is 0 Å². The Bertz CT molecular complexity index is 441. The number of ether oxygens (including phenoxy) is 1. The predicted octanol–water partition coefficient (Wildman–Crippen LogP) is 1.99. The summed E-state index contributed by atoms with van der Waals surface area (Å²) in [7, 11) is 1.75. The van der Waals surface area contributed by atoms with Crippen LogP contribution >= 0.6 is 11.6 Å². The van der Waals surface area contributed by atoms with Gasteiger partial charge >= 0.3 is 0 Å². The quantitative estimate of drug-likeness (QED) is 0.829. The molecule has 0 amide bonds. The first-order chi connectivity index (χ1) is 9.67. The lowest BCUT2D eigenvalue weighted by Crippen LogP contribution is -2.40. The van der Waals surface area contributed by atoms with Gasteiger partial charge in [-0.1, -0.05) is 0 Å². The van der Waals surface area contributed by atoms with Crippen LogP contribution in [0, 0.1) is 0 Å². The largest absolute Gasteiger partial charge is 0.380 e. The van der Waals surface area contributed by atoms with Gasteiger partial charge in [-0.05, 0) is 38.3 Å². The van der Waals surface area contributed by atoms with Gasteiger partial charge in [0.05, 0.1) is 6.10 Å². The van der Waals surface area contributed by atoms with Crippen LogP contribution in [0.25, 0.3) is 0 Å². The fourth-order valence-electron chi connectivity index (χ4n) is 2.43. The van der Waals surface area contributed by atoms with E-state index in [1.54, 1.807) is 7.11 Å². The van der Waals surface area contributed by atoms with E-state index < -0.39 is 0 Å². The van der Waals surface area contributed by atoms with E-state index in [2.05, 4.69) is 38.6 Å². The molecule has 1 aliphatic rings. The number of aromatic nitrogens is 3. The van der Waals surface area contributed by atoms with Crippen LogP contribution in [0.1, 0.15) is 26.7 Å². The molecule has 0 aliphatic carbocycles. The molecule has 2 heterocycles. The second kappa shape index (κ2) is 7.04. The van der Waals surface area contributed by atoms with Crippen molar-refractivity contribution in [1.82, 2.24) is 15.0 Å². The number of rotatable bonds is 5. The first kappa shape index (κ1) is 15.3. The van der Waals surface area contributed by atoms with Crippen LogP contribution in [0.5, 0.6) is 0 Å². The third-order valence-corrected chi connectivity index (χ3v) is 3.79. The zero-order chi connectivity index (χ0) is 14.5. The van der Waals surface area contributed by atoms with Crippen molar-refractivity contribution >= 4 is 23.5 Å². The number of methoxy groups -OCH3 is 1. The molecule has 6 nitrogen and oxygen atoms in total. The SMILES string of the molecule is CCN(CC)c1nc(Cl)nc(N2CCCC(OC)C2)n1. The lowest BCUT2D eigenvalue weighted by Gasteiger charge is -2.32. The maximum Gasteiger partial charge on any atom is 0.231 e. The first-order valence-electron chi connectivity index (χ1n) is 7.12. The number of hydrogen-bond acceptors (Lipinski definition) is 6. The third kappa shape index (κ3) is 3.49. The van der Waals surface area contributed by atoms with E-state index >= 15 is 0 Å². The highest BCUT2D eigenvalue weighted by Crippen LogP contribution is 2.21. The van der Waals surface area contributed by atoms with Gasteiger partial charge in [0.25, 0.3) is 0 Å². The molecule has 112 valence electrons. The summed E-state index contributed by atoms with van der Waals surface area (Å²) in [6.45, 7) is 7.56. The van der Waals surface area contributed by atoms with Crippen molar-refractivity contribution in [2.24, 2.45) is 0 Å². The Labute approximate surface area is 125 Å². The van der Waals surface area contributed by atoms with Crippen LogP contribution in [0.4, 0.5) is 11.9 Å². The maximum atomic E-state index is 6.05. The number of piperidine rings is 1. The van der Waals surface area contributed by atoms with Crippen molar-refractivity contribution in [3.8, 4) is 0 Å². The number of hydrogen-bond donors (Lipinski definition) is 0. The lowest BCUT2D eigenvalue weighted by atomic mass is 10.1. The summed E-state index contributed by atoms with van der Waals surface area (Å²) in [6, 6.07) is 0. The van der Waals surface area contributed by atoms with Gasteiger partial charge in [0.1, 0.15) is 0 Å². The molecule has 0 saturated carbocycles. The Morgan fingerprint density at radius 3 is 2.70 bits per heavy atom. The van der Waals surface area contributed by atoms with Gasteiger partial charge in [0.2, 0.25) is 17.2 Å². The minimum atomic E-state index is 0.233. The van der Waals surface area contributed by atoms with Gasteiger partial charge in [-0.25, -0.2) is 0 Å². The predicted molar refractivity (Wildman–Crippen MR) is 80.6 cm³/mol. The van der Waals surface area contributed by atoms with Crippen LogP contribution in [0.2, 0.25) is 5.28 Å². The summed E-state index contributed by atoms with van der Waals surface area (Å²) in [5.41, 5.74) is 0. The lowest BCUT2D eigenvalue weighted by molar-refractivity contribution is 0.0889. The average molecular weight is 300 g/mol. The normalized spacial score (nSPS) is 19.2. The summed E-state index contributed by atoms with van der Waals surface area (Å²) >= 11 is 6.05. The second-order valence-electron chi connectivity index (χ2n) is 4.82. The van der Waals surface area contributed by atoms with Crippen molar-refractivity contribution in [3.05, 3.63) is 5.28 Å². The molecule has 2 rings (SSSR count). The average Bonchev–Trinajstić information content (AvgIpc) is 2.48. The van der Waals surface area contributed by atoms with E-state index in [-0.39, 0.29) is 11.4 Å². The van der Waals surface area contributed by atoms with E-state index in [0.29, 0.717) is 11.9 Å². The molecule has 0 N–H and O–H groups in total. The van der Waals surface area contributed by atoms with Crippen molar-refractivity contribution in [3.63, 3.8) is 0 Å². The van der Waals surface area contributed by atoms with Crippen molar-refractivity contribution in [1.29, 1.82) is 0 Å². The summed E-state index contributed by atoms with van der Waals surface area (Å²) in [5, 5.41) is 0.247. The molecule has 1 saturated heterocycles. The molecule has 0 spiro atoms. The molecule has 1 aromatic heterocycles. The van der Waals surface area contributed by atoms with Crippen molar-refractivity contribution < 1.29 is 4.74 Å². The van der Waals surface area contributed by atoms with Crippen LogP contribution in [0.3, 0.4) is 0 Å². The number of anilines is 2. The van der Waals surface area contributed by atoms with Crippen LogP contribution < -0.4 is 9.80 Å². The highest BCUT2D eigenvalue weighted by Gasteiger charge is 2.23. The first-order valence-corrected chi connectivity index (χ1v) is 7.50. The van der Waals surface area contributed by atoms with Crippen LogP contribution in [-0.2, 0) is 4.74 Å². The molecule has 1 aliphatic heterocycles. The Morgan fingerprint density at radius 1 is 1.30 bits per heavy atom. The molecule has 0 radical (unpaired) electrons. The molecular formula is C13H22ClN5O. The summed E-state index contributed by atoms with van der Waals surface area (Å²) < 4.78 is 5.44. The van der Waals surface area contributed by atoms with Gasteiger partial charge in [0, 0.05) is 33.3 Å². The van der Waals surface area contributed by atoms with E-state index in [4.69, 9.17) is 16.3 Å². The third-order valence-electron chi connectivity index (χ3n) is 3.63.